The number of aryl methyl sites for hydroxylation is 1. The Bertz CT molecular complexity index is 813. The summed E-state index contributed by atoms with van der Waals surface area (Å²) in [5, 5.41) is 0. The second-order valence-corrected chi connectivity index (χ2v) is 6.30. The molecule has 4 heterocycles. The zero-order valence-electron chi connectivity index (χ0n) is 13.7. The number of imidazole rings is 1. The minimum atomic E-state index is 0.591. The molecule has 0 amide bonds. The predicted octanol–water partition coefficient (Wildman–Crippen LogP) is 2.64. The Morgan fingerprint density at radius 2 is 2.17 bits per heavy atom. The van der Waals surface area contributed by atoms with E-state index in [0.29, 0.717) is 5.92 Å². The van der Waals surface area contributed by atoms with Crippen molar-refractivity contribution in [3.63, 3.8) is 0 Å². The average molecular weight is 320 g/mol. The molecule has 0 unspecified atom stereocenters. The van der Waals surface area contributed by atoms with Gasteiger partial charge in [0.1, 0.15) is 17.8 Å². The second-order valence-electron chi connectivity index (χ2n) is 6.30. The number of rotatable bonds is 4. The van der Waals surface area contributed by atoms with Crippen LogP contribution in [0.4, 0.5) is 5.82 Å². The number of anilines is 1. The van der Waals surface area contributed by atoms with Gasteiger partial charge in [-0.15, -0.1) is 0 Å². The van der Waals surface area contributed by atoms with Crippen LogP contribution in [-0.4, -0.2) is 38.0 Å². The normalized spacial score (nSPS) is 17.4. The molecule has 0 aromatic carbocycles. The second kappa shape index (κ2) is 6.39. The quantitative estimate of drug-likeness (QED) is 0.800. The van der Waals surface area contributed by atoms with E-state index in [2.05, 4.69) is 35.9 Å². The van der Waals surface area contributed by atoms with E-state index in [0.717, 1.165) is 54.7 Å². The lowest BCUT2D eigenvalue weighted by Crippen LogP contribution is -2.21. The van der Waals surface area contributed by atoms with E-state index < -0.39 is 0 Å². The molecule has 1 aliphatic rings. The van der Waals surface area contributed by atoms with Crippen molar-refractivity contribution in [2.45, 2.75) is 19.8 Å². The van der Waals surface area contributed by atoms with Crippen LogP contribution in [-0.2, 0) is 6.42 Å². The molecule has 122 valence electrons. The fraction of sp³-hybridized carbons (Fsp3) is 0.333. The fourth-order valence-corrected chi connectivity index (χ4v) is 3.23. The summed E-state index contributed by atoms with van der Waals surface area (Å²) in [5.41, 5.74) is 2.96. The zero-order valence-corrected chi connectivity index (χ0v) is 13.7. The third-order valence-electron chi connectivity index (χ3n) is 4.43. The number of H-pyrrole nitrogens is 1. The lowest BCUT2D eigenvalue weighted by Gasteiger charge is -2.17. The predicted molar refractivity (Wildman–Crippen MR) is 92.6 cm³/mol. The molecule has 0 saturated carbocycles. The van der Waals surface area contributed by atoms with Gasteiger partial charge in [0.05, 0.1) is 0 Å². The standard InChI is InChI=1S/C18H20N6/c1-13-10-20-18(23-13)16-9-15(21-12-22-16)8-14-5-7-24(11-14)17-4-2-3-6-19-17/h2-4,6,9-10,12,14H,5,7-8,11H2,1H3,(H,20,23)/t14-/m1/s1. The average Bonchev–Trinajstić information content (AvgIpc) is 3.25. The molecule has 6 heteroatoms. The Morgan fingerprint density at radius 1 is 1.21 bits per heavy atom. The third-order valence-corrected chi connectivity index (χ3v) is 4.43. The summed E-state index contributed by atoms with van der Waals surface area (Å²) in [5.74, 6) is 2.46. The Morgan fingerprint density at radius 3 is 2.96 bits per heavy atom. The van der Waals surface area contributed by atoms with Gasteiger partial charge in [0.15, 0.2) is 5.82 Å². The van der Waals surface area contributed by atoms with Crippen molar-refractivity contribution >= 4 is 5.82 Å². The van der Waals surface area contributed by atoms with Crippen LogP contribution < -0.4 is 4.90 Å². The van der Waals surface area contributed by atoms with Crippen molar-refractivity contribution in [3.8, 4) is 11.5 Å². The molecule has 0 aliphatic carbocycles. The molecular weight excluding hydrogens is 300 g/mol. The van der Waals surface area contributed by atoms with E-state index in [4.69, 9.17) is 0 Å². The van der Waals surface area contributed by atoms with Crippen molar-refractivity contribution < 1.29 is 0 Å². The summed E-state index contributed by atoms with van der Waals surface area (Å²) < 4.78 is 0. The summed E-state index contributed by atoms with van der Waals surface area (Å²) in [6, 6.07) is 8.11. The van der Waals surface area contributed by atoms with Crippen molar-refractivity contribution in [1.29, 1.82) is 0 Å². The molecule has 0 bridgehead atoms. The van der Waals surface area contributed by atoms with Crippen LogP contribution in [0.2, 0.25) is 0 Å². The van der Waals surface area contributed by atoms with Gasteiger partial charge in [0.25, 0.3) is 0 Å². The third kappa shape index (κ3) is 3.13. The van der Waals surface area contributed by atoms with Crippen molar-refractivity contribution in [3.05, 3.63) is 54.4 Å². The van der Waals surface area contributed by atoms with E-state index in [9.17, 15) is 0 Å². The number of hydrogen-bond donors (Lipinski definition) is 1. The molecule has 1 saturated heterocycles. The Kier molecular flexibility index (Phi) is 3.94. The van der Waals surface area contributed by atoms with Crippen LogP contribution in [0, 0.1) is 12.8 Å². The highest BCUT2D eigenvalue weighted by atomic mass is 15.2. The largest absolute Gasteiger partial charge is 0.356 e. The Balaban J connectivity index is 1.45. The van der Waals surface area contributed by atoms with Crippen LogP contribution in [0.5, 0.6) is 0 Å². The maximum Gasteiger partial charge on any atom is 0.156 e. The number of aromatic nitrogens is 5. The molecule has 3 aromatic rings. The van der Waals surface area contributed by atoms with Crippen LogP contribution in [0.15, 0.2) is 43.0 Å². The first-order chi connectivity index (χ1) is 11.8. The van der Waals surface area contributed by atoms with E-state index in [1.54, 1.807) is 6.33 Å². The topological polar surface area (TPSA) is 70.6 Å². The highest BCUT2D eigenvalue weighted by Crippen LogP contribution is 2.24. The summed E-state index contributed by atoms with van der Waals surface area (Å²) in [7, 11) is 0. The van der Waals surface area contributed by atoms with Gasteiger partial charge in [0.2, 0.25) is 0 Å². The van der Waals surface area contributed by atoms with Gasteiger partial charge in [-0.25, -0.2) is 19.9 Å². The number of aromatic amines is 1. The maximum absolute atomic E-state index is 4.45. The van der Waals surface area contributed by atoms with Crippen LogP contribution >= 0.6 is 0 Å². The smallest absolute Gasteiger partial charge is 0.156 e. The highest BCUT2D eigenvalue weighted by Gasteiger charge is 2.24. The van der Waals surface area contributed by atoms with Gasteiger partial charge in [-0.2, -0.15) is 0 Å². The first-order valence-corrected chi connectivity index (χ1v) is 8.27. The highest BCUT2D eigenvalue weighted by molar-refractivity contribution is 5.49. The number of nitrogens with one attached hydrogen (secondary N) is 1. The molecule has 1 atom stereocenters. The minimum absolute atomic E-state index is 0.591. The van der Waals surface area contributed by atoms with Gasteiger partial charge in [-0.3, -0.25) is 0 Å². The molecular formula is C18H20N6. The monoisotopic (exact) mass is 320 g/mol. The van der Waals surface area contributed by atoms with Crippen LogP contribution in [0.3, 0.4) is 0 Å². The van der Waals surface area contributed by atoms with Gasteiger partial charge in [0, 0.05) is 36.9 Å². The summed E-state index contributed by atoms with van der Waals surface area (Å²) in [6.45, 7) is 4.07. The summed E-state index contributed by atoms with van der Waals surface area (Å²) in [4.78, 5) is 23.1. The number of pyridine rings is 1. The van der Waals surface area contributed by atoms with Gasteiger partial charge >= 0.3 is 0 Å². The fourth-order valence-electron chi connectivity index (χ4n) is 3.23. The van der Waals surface area contributed by atoms with E-state index in [1.807, 2.05) is 37.5 Å². The van der Waals surface area contributed by atoms with E-state index in [-0.39, 0.29) is 0 Å². The molecule has 6 nitrogen and oxygen atoms in total. The maximum atomic E-state index is 4.45. The van der Waals surface area contributed by atoms with Crippen molar-refractivity contribution in [1.82, 2.24) is 24.9 Å². The molecule has 1 N–H and O–H groups in total. The molecule has 4 rings (SSSR count). The zero-order chi connectivity index (χ0) is 16.4. The number of hydrogen-bond acceptors (Lipinski definition) is 5. The molecule has 1 fully saturated rings. The molecule has 1 aliphatic heterocycles. The number of nitrogens with zero attached hydrogens (tertiary/aromatic N) is 5. The molecule has 0 radical (unpaired) electrons. The van der Waals surface area contributed by atoms with Gasteiger partial charge in [-0.1, -0.05) is 6.07 Å². The summed E-state index contributed by atoms with van der Waals surface area (Å²) in [6.07, 6.45) is 7.42. The lowest BCUT2D eigenvalue weighted by molar-refractivity contribution is 0.576. The van der Waals surface area contributed by atoms with Crippen LogP contribution in [0.25, 0.3) is 11.5 Å². The molecule has 3 aromatic heterocycles. The van der Waals surface area contributed by atoms with Crippen molar-refractivity contribution in [2.24, 2.45) is 5.92 Å². The minimum Gasteiger partial charge on any atom is -0.356 e. The van der Waals surface area contributed by atoms with Crippen LogP contribution in [0.1, 0.15) is 17.8 Å². The van der Waals surface area contributed by atoms with Gasteiger partial charge in [-0.05, 0) is 43.9 Å². The Hall–Kier alpha value is -2.76. The molecule has 24 heavy (non-hydrogen) atoms. The molecule has 0 spiro atoms. The Labute approximate surface area is 141 Å². The first kappa shape index (κ1) is 14.8. The van der Waals surface area contributed by atoms with Crippen molar-refractivity contribution in [2.75, 3.05) is 18.0 Å². The van der Waals surface area contributed by atoms with E-state index >= 15 is 0 Å². The first-order valence-electron chi connectivity index (χ1n) is 8.27. The summed E-state index contributed by atoms with van der Waals surface area (Å²) >= 11 is 0. The van der Waals surface area contributed by atoms with Gasteiger partial charge < -0.3 is 9.88 Å². The SMILES string of the molecule is Cc1cnc(-c2cc(C[C@H]3CCN(c4ccccn4)C3)ncn2)[nH]1. The lowest BCUT2D eigenvalue weighted by atomic mass is 10.0. The van der Waals surface area contributed by atoms with E-state index in [1.165, 1.54) is 0 Å².